The maximum atomic E-state index is 10.9. The molecule has 74 valence electrons. The van der Waals surface area contributed by atoms with Crippen LogP contribution in [0.1, 0.15) is 10.4 Å². The highest BCUT2D eigenvalue weighted by atomic mass is 16.4. The van der Waals surface area contributed by atoms with Crippen LogP contribution >= 0.6 is 0 Å². The van der Waals surface area contributed by atoms with Crippen LogP contribution in [-0.4, -0.2) is 25.4 Å². The summed E-state index contributed by atoms with van der Waals surface area (Å²) in [6.07, 6.45) is 3.30. The van der Waals surface area contributed by atoms with Gasteiger partial charge in [0, 0.05) is 12.4 Å². The number of pyridine rings is 1. The van der Waals surface area contributed by atoms with E-state index in [1.807, 2.05) is 28.8 Å². The lowest BCUT2D eigenvalue weighted by atomic mass is 10.3. The first kappa shape index (κ1) is 8.05. The number of nitrogens with zero attached hydrogens (tertiary/aromatic N) is 2. The van der Waals surface area contributed by atoms with Gasteiger partial charge in [-0.15, -0.1) is 0 Å². The van der Waals surface area contributed by atoms with E-state index in [1.54, 1.807) is 0 Å². The third-order valence-electron chi connectivity index (χ3n) is 2.37. The Morgan fingerprint density at radius 1 is 1.47 bits per heavy atom. The van der Waals surface area contributed by atoms with Crippen molar-refractivity contribution in [3.8, 4) is 0 Å². The smallest absolute Gasteiger partial charge is 0.339 e. The van der Waals surface area contributed by atoms with Crippen LogP contribution in [-0.2, 0) is 0 Å². The number of aromatic nitrogens is 3. The van der Waals surface area contributed by atoms with Gasteiger partial charge in [0.1, 0.15) is 22.4 Å². The molecular weight excluding hydrogens is 194 g/mol. The molecule has 0 fully saturated rings. The lowest BCUT2D eigenvalue weighted by Gasteiger charge is -1.89. The maximum Gasteiger partial charge on any atom is 0.339 e. The monoisotopic (exact) mass is 201 g/mol. The third kappa shape index (κ3) is 0.969. The molecule has 0 aliphatic carbocycles. The van der Waals surface area contributed by atoms with Crippen LogP contribution < -0.4 is 0 Å². The molecule has 0 aliphatic rings. The Kier molecular flexibility index (Phi) is 1.39. The zero-order valence-electron chi connectivity index (χ0n) is 7.64. The molecule has 2 N–H and O–H groups in total. The highest BCUT2D eigenvalue weighted by molar-refractivity contribution is 6.01. The molecule has 5 nitrogen and oxygen atoms in total. The van der Waals surface area contributed by atoms with E-state index in [9.17, 15) is 4.79 Å². The Morgan fingerprint density at radius 3 is 3.13 bits per heavy atom. The molecule has 0 aliphatic heterocycles. The number of carbonyl (C=O) groups is 1. The summed E-state index contributed by atoms with van der Waals surface area (Å²) in [7, 11) is 0. The molecule has 0 spiro atoms. The second-order valence-corrected chi connectivity index (χ2v) is 3.25. The number of nitrogens with one attached hydrogen (secondary N) is 1. The van der Waals surface area contributed by atoms with Crippen LogP contribution in [0.15, 0.2) is 30.6 Å². The van der Waals surface area contributed by atoms with Crippen molar-refractivity contribution in [2.45, 2.75) is 0 Å². The highest BCUT2D eigenvalue weighted by Gasteiger charge is 2.14. The van der Waals surface area contributed by atoms with Crippen LogP contribution in [0.25, 0.3) is 16.8 Å². The summed E-state index contributed by atoms with van der Waals surface area (Å²) >= 11 is 0. The second-order valence-electron chi connectivity index (χ2n) is 3.25. The lowest BCUT2D eigenvalue weighted by Crippen LogP contribution is -1.93. The average molecular weight is 201 g/mol. The SMILES string of the molecule is O=C(O)c1c[nH]c2c1nc1ccccn12. The van der Waals surface area contributed by atoms with E-state index in [4.69, 9.17) is 5.11 Å². The summed E-state index contributed by atoms with van der Waals surface area (Å²) in [5.41, 5.74) is 2.15. The first-order valence-electron chi connectivity index (χ1n) is 4.45. The molecule has 0 aromatic carbocycles. The summed E-state index contributed by atoms with van der Waals surface area (Å²) in [5, 5.41) is 8.93. The molecular formula is C10H7N3O2. The van der Waals surface area contributed by atoms with Gasteiger partial charge in [0.25, 0.3) is 0 Å². The fourth-order valence-corrected chi connectivity index (χ4v) is 1.69. The fourth-order valence-electron chi connectivity index (χ4n) is 1.69. The number of carboxylic acid groups (broad SMARTS) is 1. The zero-order chi connectivity index (χ0) is 10.4. The van der Waals surface area contributed by atoms with E-state index >= 15 is 0 Å². The Morgan fingerprint density at radius 2 is 2.33 bits per heavy atom. The summed E-state index contributed by atoms with van der Waals surface area (Å²) in [6, 6.07) is 5.57. The lowest BCUT2D eigenvalue weighted by molar-refractivity contribution is 0.0699. The van der Waals surface area contributed by atoms with Gasteiger partial charge in [-0.2, -0.15) is 0 Å². The van der Waals surface area contributed by atoms with Gasteiger partial charge < -0.3 is 10.1 Å². The summed E-state index contributed by atoms with van der Waals surface area (Å²) in [4.78, 5) is 18.0. The molecule has 3 heterocycles. The van der Waals surface area contributed by atoms with Crippen LogP contribution in [0.4, 0.5) is 0 Å². The van der Waals surface area contributed by atoms with E-state index < -0.39 is 5.97 Å². The normalized spacial score (nSPS) is 11.2. The third-order valence-corrected chi connectivity index (χ3v) is 2.37. The molecule has 3 aromatic heterocycles. The van der Waals surface area contributed by atoms with Crippen molar-refractivity contribution in [1.29, 1.82) is 0 Å². The number of aromatic carboxylic acids is 1. The number of hydrogen-bond acceptors (Lipinski definition) is 2. The van der Waals surface area contributed by atoms with E-state index in [-0.39, 0.29) is 5.56 Å². The molecule has 3 aromatic rings. The zero-order valence-corrected chi connectivity index (χ0v) is 7.64. The molecule has 0 unspecified atom stereocenters. The van der Waals surface area contributed by atoms with Gasteiger partial charge in [-0.25, -0.2) is 9.78 Å². The van der Waals surface area contributed by atoms with Crippen LogP contribution in [0.5, 0.6) is 0 Å². The largest absolute Gasteiger partial charge is 0.478 e. The number of hydrogen-bond donors (Lipinski definition) is 2. The van der Waals surface area contributed by atoms with E-state index in [0.29, 0.717) is 11.2 Å². The van der Waals surface area contributed by atoms with Crippen molar-refractivity contribution in [2.24, 2.45) is 0 Å². The van der Waals surface area contributed by atoms with Gasteiger partial charge in [0.05, 0.1) is 0 Å². The predicted molar refractivity (Wildman–Crippen MR) is 54.0 cm³/mol. The average Bonchev–Trinajstić information content (AvgIpc) is 2.74. The maximum absolute atomic E-state index is 10.9. The van der Waals surface area contributed by atoms with Gasteiger partial charge in [-0.3, -0.25) is 4.40 Å². The Hall–Kier alpha value is -2.30. The summed E-state index contributed by atoms with van der Waals surface area (Å²) < 4.78 is 1.82. The molecule has 0 bridgehead atoms. The van der Waals surface area contributed by atoms with Crippen molar-refractivity contribution in [3.05, 3.63) is 36.2 Å². The van der Waals surface area contributed by atoms with Gasteiger partial charge in [0.15, 0.2) is 0 Å². The molecule has 5 heteroatoms. The van der Waals surface area contributed by atoms with Crippen molar-refractivity contribution in [1.82, 2.24) is 14.4 Å². The van der Waals surface area contributed by atoms with E-state index in [1.165, 1.54) is 6.20 Å². The van der Waals surface area contributed by atoms with Crippen LogP contribution in [0.2, 0.25) is 0 Å². The Bertz CT molecular complexity index is 665. The molecule has 3 rings (SSSR count). The number of H-pyrrole nitrogens is 1. The summed E-state index contributed by atoms with van der Waals surface area (Å²) in [5.74, 6) is -0.968. The molecule has 15 heavy (non-hydrogen) atoms. The topological polar surface area (TPSA) is 70.4 Å². The highest BCUT2D eigenvalue weighted by Crippen LogP contribution is 2.19. The van der Waals surface area contributed by atoms with E-state index in [2.05, 4.69) is 9.97 Å². The van der Waals surface area contributed by atoms with Crippen molar-refractivity contribution in [2.75, 3.05) is 0 Å². The molecule has 0 saturated heterocycles. The van der Waals surface area contributed by atoms with Crippen LogP contribution in [0, 0.1) is 0 Å². The number of aromatic amines is 1. The molecule has 0 radical (unpaired) electrons. The number of rotatable bonds is 1. The molecule has 0 amide bonds. The first-order chi connectivity index (χ1) is 7.27. The Labute approximate surface area is 84.0 Å². The minimum absolute atomic E-state index is 0.203. The Balaban J connectivity index is 2.50. The standard InChI is InChI=1S/C10H7N3O2/c14-10(15)6-5-11-9-8(6)12-7-3-1-2-4-13(7)9/h1-5,11H,(H,14,15). The number of carboxylic acids is 1. The quantitative estimate of drug-likeness (QED) is 0.627. The molecule has 0 saturated carbocycles. The van der Waals surface area contributed by atoms with Gasteiger partial charge in [0.2, 0.25) is 0 Å². The van der Waals surface area contributed by atoms with Crippen molar-refractivity contribution < 1.29 is 9.90 Å². The fraction of sp³-hybridized carbons (Fsp3) is 0. The summed E-state index contributed by atoms with van der Waals surface area (Å²) in [6.45, 7) is 0. The van der Waals surface area contributed by atoms with Crippen LogP contribution in [0.3, 0.4) is 0 Å². The molecule has 0 atom stereocenters. The number of imidazole rings is 1. The minimum atomic E-state index is -0.968. The van der Waals surface area contributed by atoms with Gasteiger partial charge >= 0.3 is 5.97 Å². The minimum Gasteiger partial charge on any atom is -0.478 e. The van der Waals surface area contributed by atoms with E-state index in [0.717, 1.165) is 5.65 Å². The van der Waals surface area contributed by atoms with Gasteiger partial charge in [-0.05, 0) is 12.1 Å². The van der Waals surface area contributed by atoms with Crippen molar-refractivity contribution >= 4 is 22.8 Å². The predicted octanol–water partition coefficient (Wildman–Crippen LogP) is 1.51. The second kappa shape index (κ2) is 2.60. The first-order valence-corrected chi connectivity index (χ1v) is 4.45. The van der Waals surface area contributed by atoms with Crippen molar-refractivity contribution in [3.63, 3.8) is 0 Å². The van der Waals surface area contributed by atoms with Gasteiger partial charge in [-0.1, -0.05) is 6.07 Å². The number of fused-ring (bicyclic) bond motifs is 3.